The van der Waals surface area contributed by atoms with Crippen LogP contribution in [0.25, 0.3) is 0 Å². The van der Waals surface area contributed by atoms with Crippen LogP contribution >= 0.6 is 11.6 Å². The van der Waals surface area contributed by atoms with E-state index >= 15 is 0 Å². The number of fused-ring (bicyclic) bond motifs is 1. The van der Waals surface area contributed by atoms with Crippen molar-refractivity contribution in [2.24, 2.45) is 0 Å². The average molecular weight is 345 g/mol. The minimum absolute atomic E-state index is 0.230. The van der Waals surface area contributed by atoms with Crippen molar-refractivity contribution in [3.63, 3.8) is 0 Å². The number of benzene rings is 2. The quantitative estimate of drug-likeness (QED) is 0.894. The fourth-order valence-corrected chi connectivity index (χ4v) is 2.90. The van der Waals surface area contributed by atoms with Gasteiger partial charge in [-0.1, -0.05) is 35.9 Å². The highest BCUT2D eigenvalue weighted by atomic mass is 35.5. The van der Waals surface area contributed by atoms with Crippen LogP contribution in [-0.2, 0) is 20.7 Å². The van der Waals surface area contributed by atoms with Gasteiger partial charge in [-0.15, -0.1) is 0 Å². The van der Waals surface area contributed by atoms with Gasteiger partial charge in [0.2, 0.25) is 5.91 Å². The van der Waals surface area contributed by atoms with E-state index in [1.54, 1.807) is 18.2 Å². The lowest BCUT2D eigenvalue weighted by molar-refractivity contribution is -0.128. The number of halogens is 1. The lowest BCUT2D eigenvalue weighted by atomic mass is 9.97. The number of nitrogens with one attached hydrogen (secondary N) is 2. The Labute approximate surface area is 145 Å². The first-order valence-electron chi connectivity index (χ1n) is 7.62. The van der Waals surface area contributed by atoms with Crippen LogP contribution in [0.2, 0.25) is 5.02 Å². The van der Waals surface area contributed by atoms with Gasteiger partial charge in [0.05, 0.1) is 18.0 Å². The van der Waals surface area contributed by atoms with E-state index in [1.807, 2.05) is 24.3 Å². The largest absolute Gasteiger partial charge is 0.363 e. The van der Waals surface area contributed by atoms with Crippen molar-refractivity contribution in [2.45, 2.75) is 19.4 Å². The molecule has 24 heavy (non-hydrogen) atoms. The molecule has 0 spiro atoms. The van der Waals surface area contributed by atoms with Crippen molar-refractivity contribution in [1.82, 2.24) is 0 Å². The zero-order valence-electron chi connectivity index (χ0n) is 13.1. The molecule has 3 rings (SSSR count). The van der Waals surface area contributed by atoms with Crippen LogP contribution < -0.4 is 10.6 Å². The molecular formula is C18H17ClN2O3. The van der Waals surface area contributed by atoms with Crippen molar-refractivity contribution < 1.29 is 14.3 Å². The molecule has 0 aromatic heterocycles. The van der Waals surface area contributed by atoms with Crippen molar-refractivity contribution in [3.8, 4) is 0 Å². The smallest absolute Gasteiger partial charge is 0.258 e. The van der Waals surface area contributed by atoms with Gasteiger partial charge in [-0.2, -0.15) is 0 Å². The molecule has 0 aliphatic carbocycles. The van der Waals surface area contributed by atoms with Gasteiger partial charge in [-0.05, 0) is 35.7 Å². The van der Waals surface area contributed by atoms with E-state index in [1.165, 1.54) is 6.92 Å². The summed E-state index contributed by atoms with van der Waals surface area (Å²) in [5.41, 5.74) is 2.90. The minimum Gasteiger partial charge on any atom is -0.363 e. The lowest BCUT2D eigenvalue weighted by Crippen LogP contribution is -2.28. The van der Waals surface area contributed by atoms with Crippen molar-refractivity contribution in [2.75, 3.05) is 17.2 Å². The van der Waals surface area contributed by atoms with Gasteiger partial charge in [0.25, 0.3) is 5.91 Å². The summed E-state index contributed by atoms with van der Waals surface area (Å²) in [5, 5.41) is 5.94. The SMILES string of the molecule is CC(=O)Nc1ccc(Cl)cc1NC(=O)[C@H]1OCCc2ccccc21. The molecule has 2 aromatic carbocycles. The number of carbonyl (C=O) groups is 2. The number of ether oxygens (including phenoxy) is 1. The Kier molecular flexibility index (Phi) is 4.83. The topological polar surface area (TPSA) is 67.4 Å². The third kappa shape index (κ3) is 3.58. The molecule has 0 fully saturated rings. The second kappa shape index (κ2) is 7.03. The Morgan fingerprint density at radius 3 is 2.71 bits per heavy atom. The Morgan fingerprint density at radius 2 is 1.92 bits per heavy atom. The normalized spacial score (nSPS) is 16.2. The molecule has 2 amide bonds. The Hall–Kier alpha value is -2.37. The van der Waals surface area contributed by atoms with Gasteiger partial charge in [0.15, 0.2) is 6.10 Å². The fraction of sp³-hybridized carbons (Fsp3) is 0.222. The Morgan fingerprint density at radius 1 is 1.12 bits per heavy atom. The first-order chi connectivity index (χ1) is 11.5. The molecule has 6 heteroatoms. The van der Waals surface area contributed by atoms with E-state index in [-0.39, 0.29) is 11.8 Å². The van der Waals surface area contributed by atoms with Gasteiger partial charge in [-0.25, -0.2) is 0 Å². The lowest BCUT2D eigenvalue weighted by Gasteiger charge is -2.25. The van der Waals surface area contributed by atoms with E-state index in [4.69, 9.17) is 16.3 Å². The van der Waals surface area contributed by atoms with Crippen LogP contribution in [-0.4, -0.2) is 18.4 Å². The second-order valence-electron chi connectivity index (χ2n) is 5.56. The molecule has 2 aromatic rings. The molecule has 2 N–H and O–H groups in total. The molecule has 5 nitrogen and oxygen atoms in total. The molecule has 1 heterocycles. The molecule has 1 atom stereocenters. The molecule has 0 unspecified atom stereocenters. The molecule has 0 radical (unpaired) electrons. The molecule has 1 aliphatic heterocycles. The summed E-state index contributed by atoms with van der Waals surface area (Å²) in [5.74, 6) is -0.525. The maximum absolute atomic E-state index is 12.7. The first kappa shape index (κ1) is 16.5. The van der Waals surface area contributed by atoms with Crippen LogP contribution in [0.4, 0.5) is 11.4 Å². The van der Waals surface area contributed by atoms with E-state index in [0.29, 0.717) is 23.0 Å². The summed E-state index contributed by atoms with van der Waals surface area (Å²) in [6, 6.07) is 12.6. The van der Waals surface area contributed by atoms with Crippen LogP contribution in [0.1, 0.15) is 24.2 Å². The number of amides is 2. The molecule has 124 valence electrons. The summed E-state index contributed by atoms with van der Waals surface area (Å²) in [6.07, 6.45) is 0.105. The number of rotatable bonds is 3. The van der Waals surface area contributed by atoms with Crippen molar-refractivity contribution in [1.29, 1.82) is 0 Å². The highest BCUT2D eigenvalue weighted by molar-refractivity contribution is 6.31. The fourth-order valence-electron chi connectivity index (χ4n) is 2.73. The van der Waals surface area contributed by atoms with E-state index in [2.05, 4.69) is 10.6 Å². The van der Waals surface area contributed by atoms with Crippen molar-refractivity contribution in [3.05, 3.63) is 58.6 Å². The zero-order chi connectivity index (χ0) is 17.1. The third-order valence-electron chi connectivity index (χ3n) is 3.78. The molecule has 0 saturated carbocycles. The summed E-state index contributed by atoms with van der Waals surface area (Å²) in [4.78, 5) is 24.0. The van der Waals surface area contributed by atoms with Gasteiger partial charge in [0, 0.05) is 11.9 Å². The highest BCUT2D eigenvalue weighted by Gasteiger charge is 2.27. The zero-order valence-corrected chi connectivity index (χ0v) is 13.9. The second-order valence-corrected chi connectivity index (χ2v) is 6.00. The summed E-state index contributed by atoms with van der Waals surface area (Å²) in [7, 11) is 0. The van der Waals surface area contributed by atoms with Gasteiger partial charge in [0.1, 0.15) is 0 Å². The van der Waals surface area contributed by atoms with Gasteiger partial charge >= 0.3 is 0 Å². The molecule has 0 saturated heterocycles. The number of anilines is 2. The van der Waals surface area contributed by atoms with Crippen LogP contribution in [0.5, 0.6) is 0 Å². The predicted molar refractivity (Wildman–Crippen MR) is 93.2 cm³/mol. The first-order valence-corrected chi connectivity index (χ1v) is 8.00. The summed E-state index contributed by atoms with van der Waals surface area (Å²) in [6.45, 7) is 1.89. The molecule has 0 bridgehead atoms. The maximum atomic E-state index is 12.7. The van der Waals surface area contributed by atoms with E-state index in [9.17, 15) is 9.59 Å². The Bertz CT molecular complexity index is 792. The molecular weight excluding hydrogens is 328 g/mol. The van der Waals surface area contributed by atoms with Gasteiger partial charge in [-0.3, -0.25) is 9.59 Å². The predicted octanol–water partition coefficient (Wildman–Crippen LogP) is 3.55. The van der Waals surface area contributed by atoms with E-state index in [0.717, 1.165) is 17.5 Å². The van der Waals surface area contributed by atoms with Gasteiger partial charge < -0.3 is 15.4 Å². The maximum Gasteiger partial charge on any atom is 0.258 e. The number of hydrogen-bond acceptors (Lipinski definition) is 3. The minimum atomic E-state index is -0.681. The van der Waals surface area contributed by atoms with Crippen LogP contribution in [0, 0.1) is 0 Å². The van der Waals surface area contributed by atoms with Crippen LogP contribution in [0.3, 0.4) is 0 Å². The monoisotopic (exact) mass is 344 g/mol. The average Bonchev–Trinajstić information content (AvgIpc) is 2.56. The molecule has 1 aliphatic rings. The number of hydrogen-bond donors (Lipinski definition) is 2. The third-order valence-corrected chi connectivity index (χ3v) is 4.02. The summed E-state index contributed by atoms with van der Waals surface area (Å²) < 4.78 is 5.66. The summed E-state index contributed by atoms with van der Waals surface area (Å²) >= 11 is 6.01. The van der Waals surface area contributed by atoms with E-state index < -0.39 is 6.10 Å². The highest BCUT2D eigenvalue weighted by Crippen LogP contribution is 2.31. The Balaban J connectivity index is 1.86. The van der Waals surface area contributed by atoms with Crippen LogP contribution in [0.15, 0.2) is 42.5 Å². The standard InChI is InChI=1S/C18H17ClN2O3/c1-11(22)20-15-7-6-13(19)10-16(15)21-18(23)17-14-5-3-2-4-12(14)8-9-24-17/h2-7,10,17H,8-9H2,1H3,(H,20,22)(H,21,23)/t17-/m0/s1. The van der Waals surface area contributed by atoms with Crippen molar-refractivity contribution >= 4 is 34.8 Å². The number of carbonyl (C=O) groups excluding carboxylic acids is 2.